The van der Waals surface area contributed by atoms with Crippen LogP contribution >= 0.6 is 0 Å². The second kappa shape index (κ2) is 8.15. The number of hydrogen-bond donors (Lipinski definition) is 1. The Labute approximate surface area is 116 Å². The molecule has 108 valence electrons. The van der Waals surface area contributed by atoms with Crippen LogP contribution in [0.5, 0.6) is 5.75 Å². The van der Waals surface area contributed by atoms with E-state index in [0.29, 0.717) is 0 Å². The maximum absolute atomic E-state index is 5.64. The van der Waals surface area contributed by atoms with E-state index in [-0.39, 0.29) is 18.4 Å². The van der Waals surface area contributed by atoms with E-state index in [9.17, 15) is 0 Å². The van der Waals surface area contributed by atoms with E-state index in [4.69, 9.17) is 14.2 Å². The summed E-state index contributed by atoms with van der Waals surface area (Å²) in [7, 11) is 3.30. The van der Waals surface area contributed by atoms with E-state index in [1.807, 2.05) is 38.1 Å². The van der Waals surface area contributed by atoms with E-state index < -0.39 is 0 Å². The van der Waals surface area contributed by atoms with Gasteiger partial charge >= 0.3 is 0 Å². The fraction of sp³-hybridized carbons (Fsp3) is 0.600. The highest BCUT2D eigenvalue weighted by Crippen LogP contribution is 2.22. The molecule has 4 heteroatoms. The van der Waals surface area contributed by atoms with Crippen LogP contribution in [0.25, 0.3) is 0 Å². The van der Waals surface area contributed by atoms with Crippen molar-refractivity contribution < 1.29 is 14.2 Å². The zero-order valence-electron chi connectivity index (χ0n) is 12.5. The van der Waals surface area contributed by atoms with Crippen molar-refractivity contribution in [2.24, 2.45) is 0 Å². The summed E-state index contributed by atoms with van der Waals surface area (Å²) in [5.74, 6) is 0.875. The average Bonchev–Trinajstić information content (AvgIpc) is 2.39. The Kier molecular flexibility index (Phi) is 6.84. The third-order valence-corrected chi connectivity index (χ3v) is 2.77. The van der Waals surface area contributed by atoms with Gasteiger partial charge in [0.15, 0.2) is 6.29 Å². The molecule has 0 fully saturated rings. The van der Waals surface area contributed by atoms with E-state index in [1.54, 1.807) is 14.2 Å². The first-order valence-corrected chi connectivity index (χ1v) is 6.68. The van der Waals surface area contributed by atoms with Crippen molar-refractivity contribution in [3.05, 3.63) is 29.8 Å². The number of hydrogen-bond acceptors (Lipinski definition) is 4. The second-order valence-corrected chi connectivity index (χ2v) is 4.61. The van der Waals surface area contributed by atoms with Crippen molar-refractivity contribution in [3.8, 4) is 5.75 Å². The molecular weight excluding hydrogens is 242 g/mol. The molecule has 0 aliphatic carbocycles. The topological polar surface area (TPSA) is 39.7 Å². The first-order valence-electron chi connectivity index (χ1n) is 6.68. The average molecular weight is 267 g/mol. The molecule has 1 unspecified atom stereocenters. The largest absolute Gasteiger partial charge is 0.491 e. The molecule has 0 bridgehead atoms. The molecule has 0 spiro atoms. The summed E-state index contributed by atoms with van der Waals surface area (Å²) in [6, 6.07) is 8.03. The van der Waals surface area contributed by atoms with Crippen LogP contribution in [-0.4, -0.2) is 33.2 Å². The lowest BCUT2D eigenvalue weighted by atomic mass is 10.1. The maximum Gasteiger partial charge on any atom is 0.176 e. The molecule has 0 saturated heterocycles. The number of nitrogens with one attached hydrogen (secondary N) is 1. The van der Waals surface area contributed by atoms with Crippen molar-refractivity contribution in [2.45, 2.75) is 39.2 Å². The molecule has 1 N–H and O–H groups in total. The third-order valence-electron chi connectivity index (χ3n) is 2.77. The van der Waals surface area contributed by atoms with Gasteiger partial charge < -0.3 is 19.5 Å². The zero-order chi connectivity index (χ0) is 14.3. The summed E-state index contributed by atoms with van der Waals surface area (Å²) in [6.07, 6.45) is -0.127. The fourth-order valence-electron chi connectivity index (χ4n) is 1.99. The van der Waals surface area contributed by atoms with E-state index in [2.05, 4.69) is 12.2 Å². The first kappa shape index (κ1) is 16.0. The Morgan fingerprint density at radius 3 is 2.05 bits per heavy atom. The summed E-state index contributed by atoms with van der Waals surface area (Å²) >= 11 is 0. The molecule has 1 aromatic rings. The Balaban J connectivity index is 2.84. The summed E-state index contributed by atoms with van der Waals surface area (Å²) in [5, 5.41) is 3.37. The van der Waals surface area contributed by atoms with Crippen molar-refractivity contribution in [1.82, 2.24) is 5.32 Å². The van der Waals surface area contributed by atoms with Crippen LogP contribution in [0.4, 0.5) is 0 Å². The molecule has 0 aliphatic heterocycles. The quantitative estimate of drug-likeness (QED) is 0.735. The normalized spacial score (nSPS) is 13.0. The lowest BCUT2D eigenvalue weighted by Gasteiger charge is -2.26. The standard InChI is InChI=1S/C15H25NO3/c1-6-16-14(15(17-4)18-5)12-7-9-13(10-8-12)19-11(2)3/h7-11,14-16H,6H2,1-5H3. The highest BCUT2D eigenvalue weighted by Gasteiger charge is 2.21. The van der Waals surface area contributed by atoms with Crippen LogP contribution in [0.1, 0.15) is 32.4 Å². The van der Waals surface area contributed by atoms with Gasteiger partial charge in [0, 0.05) is 14.2 Å². The van der Waals surface area contributed by atoms with Crippen LogP contribution in [-0.2, 0) is 9.47 Å². The minimum Gasteiger partial charge on any atom is -0.491 e. The van der Waals surface area contributed by atoms with Gasteiger partial charge in [-0.25, -0.2) is 0 Å². The molecule has 0 aliphatic rings. The van der Waals surface area contributed by atoms with Gasteiger partial charge in [-0.15, -0.1) is 0 Å². The van der Waals surface area contributed by atoms with Crippen molar-refractivity contribution in [3.63, 3.8) is 0 Å². The molecule has 19 heavy (non-hydrogen) atoms. The molecule has 0 aromatic heterocycles. The minimum atomic E-state index is -0.309. The summed E-state index contributed by atoms with van der Waals surface area (Å²) in [5.41, 5.74) is 1.12. The molecular formula is C15H25NO3. The summed E-state index contributed by atoms with van der Waals surface area (Å²) < 4.78 is 16.3. The number of ether oxygens (including phenoxy) is 3. The van der Waals surface area contributed by atoms with Gasteiger partial charge in [-0.05, 0) is 38.1 Å². The molecule has 4 nitrogen and oxygen atoms in total. The number of likely N-dealkylation sites (N-methyl/N-ethyl adjacent to an activating group) is 1. The van der Waals surface area contributed by atoms with Crippen LogP contribution in [0.15, 0.2) is 24.3 Å². The second-order valence-electron chi connectivity index (χ2n) is 4.61. The fourth-order valence-corrected chi connectivity index (χ4v) is 1.99. The van der Waals surface area contributed by atoms with Crippen LogP contribution in [0.2, 0.25) is 0 Å². The predicted octanol–water partition coefficient (Wildman–Crippen LogP) is 2.74. The van der Waals surface area contributed by atoms with Gasteiger partial charge in [0.2, 0.25) is 0 Å². The monoisotopic (exact) mass is 267 g/mol. The van der Waals surface area contributed by atoms with Crippen LogP contribution < -0.4 is 10.1 Å². The third kappa shape index (κ3) is 4.82. The zero-order valence-corrected chi connectivity index (χ0v) is 12.5. The Morgan fingerprint density at radius 2 is 1.63 bits per heavy atom. The molecule has 0 heterocycles. The van der Waals surface area contributed by atoms with E-state index in [1.165, 1.54) is 0 Å². The lowest BCUT2D eigenvalue weighted by Crippen LogP contribution is -2.34. The van der Waals surface area contributed by atoms with E-state index >= 15 is 0 Å². The number of rotatable bonds is 8. The predicted molar refractivity (Wildman–Crippen MR) is 76.4 cm³/mol. The minimum absolute atomic E-state index is 0.00750. The molecule has 0 saturated carbocycles. The molecule has 0 radical (unpaired) electrons. The highest BCUT2D eigenvalue weighted by atomic mass is 16.7. The van der Waals surface area contributed by atoms with Crippen molar-refractivity contribution >= 4 is 0 Å². The molecule has 1 atom stereocenters. The Bertz CT molecular complexity index is 347. The van der Waals surface area contributed by atoms with Gasteiger partial charge in [-0.2, -0.15) is 0 Å². The Hall–Kier alpha value is -1.10. The number of benzene rings is 1. The first-order chi connectivity index (χ1) is 9.12. The van der Waals surface area contributed by atoms with Gasteiger partial charge in [-0.1, -0.05) is 19.1 Å². The van der Waals surface area contributed by atoms with Gasteiger partial charge in [0.1, 0.15) is 5.75 Å². The SMILES string of the molecule is CCNC(c1ccc(OC(C)C)cc1)C(OC)OC. The lowest BCUT2D eigenvalue weighted by molar-refractivity contribution is -0.123. The van der Waals surface area contributed by atoms with E-state index in [0.717, 1.165) is 17.9 Å². The van der Waals surface area contributed by atoms with Gasteiger partial charge in [-0.3, -0.25) is 0 Å². The maximum atomic E-state index is 5.64. The summed E-state index contributed by atoms with van der Waals surface area (Å²) in [6.45, 7) is 6.94. The number of methoxy groups -OCH3 is 2. The molecule has 1 rings (SSSR count). The van der Waals surface area contributed by atoms with Crippen molar-refractivity contribution in [2.75, 3.05) is 20.8 Å². The summed E-state index contributed by atoms with van der Waals surface area (Å²) in [4.78, 5) is 0. The smallest absolute Gasteiger partial charge is 0.176 e. The van der Waals surface area contributed by atoms with Crippen LogP contribution in [0, 0.1) is 0 Å². The van der Waals surface area contributed by atoms with Crippen LogP contribution in [0.3, 0.4) is 0 Å². The molecule has 1 aromatic carbocycles. The molecule has 0 amide bonds. The highest BCUT2D eigenvalue weighted by molar-refractivity contribution is 5.29. The van der Waals surface area contributed by atoms with Gasteiger partial charge in [0.05, 0.1) is 12.1 Å². The Morgan fingerprint density at radius 1 is 1.05 bits per heavy atom. The van der Waals surface area contributed by atoms with Crippen molar-refractivity contribution in [1.29, 1.82) is 0 Å². The van der Waals surface area contributed by atoms with Gasteiger partial charge in [0.25, 0.3) is 0 Å².